The van der Waals surface area contributed by atoms with E-state index < -0.39 is 64.3 Å². The summed E-state index contributed by atoms with van der Waals surface area (Å²) >= 11 is 0. The molecule has 1 N–H and O–H groups in total. The van der Waals surface area contributed by atoms with Gasteiger partial charge in [0.1, 0.15) is 28.7 Å². The number of ether oxygens (including phenoxy) is 1. The van der Waals surface area contributed by atoms with E-state index in [1.54, 1.807) is 0 Å². The van der Waals surface area contributed by atoms with Gasteiger partial charge >= 0.3 is 51.4 Å². The molecule has 1 saturated carbocycles. The molecule has 0 unspecified atom stereocenters. The third-order valence-corrected chi connectivity index (χ3v) is 6.21. The second kappa shape index (κ2) is 9.15. The molecule has 1 aromatic heterocycles. The number of hydrogen-bond donors (Lipinski definition) is 1. The second-order valence-corrected chi connectivity index (χ2v) is 8.12. The van der Waals surface area contributed by atoms with Crippen molar-refractivity contribution < 1.29 is 84.0 Å². The number of rotatable bonds is 3. The van der Waals surface area contributed by atoms with E-state index in [4.69, 9.17) is 4.74 Å². The first-order valence-corrected chi connectivity index (χ1v) is 10.1. The molecule has 5 rings (SSSR count). The molecule has 1 aromatic carbocycles. The molecule has 3 aliphatic rings. The van der Waals surface area contributed by atoms with Crippen LogP contribution >= 0.6 is 0 Å². The molecule has 0 radical (unpaired) electrons. The number of amides is 2. The molecule has 3 heterocycles. The molecule has 2 aliphatic heterocycles. The molecule has 3 atom stereocenters. The predicted octanol–water partition coefficient (Wildman–Crippen LogP) is -1.99. The summed E-state index contributed by atoms with van der Waals surface area (Å²) in [6.45, 7) is -0.598. The fourth-order valence-corrected chi connectivity index (χ4v) is 4.70. The maximum absolute atomic E-state index is 13.8. The van der Waals surface area contributed by atoms with Gasteiger partial charge in [0.25, 0.3) is 11.8 Å². The standard InChI is InChI=1S/C21H18F3N3O5.K/c22-9-3-14(23)12(15(24)4-9)6-25-20(30)13-7-26-8-16-27(10-1-2-11(5-10)32-16)21(31)17(26)19(29)18(13)28;/h3-4,7,10-11,16,29H,1-2,5-6,8H2,(H,25,30);/q;+1/p-1/t10-,11+,16+;/m0./s1. The van der Waals surface area contributed by atoms with E-state index in [9.17, 15) is 32.7 Å². The number of nitrogens with zero attached hydrogens (tertiary/aromatic N) is 2. The molecular weight excluding hydrogens is 470 g/mol. The van der Waals surface area contributed by atoms with Gasteiger partial charge in [-0.05, 0) is 25.0 Å². The number of pyridine rings is 1. The minimum absolute atomic E-state index is 0. The van der Waals surface area contributed by atoms with Crippen LogP contribution in [0.25, 0.3) is 0 Å². The number of benzene rings is 1. The fourth-order valence-electron chi connectivity index (χ4n) is 4.70. The quantitative estimate of drug-likeness (QED) is 0.505. The van der Waals surface area contributed by atoms with Crippen LogP contribution < -0.4 is 67.2 Å². The Hall–Kier alpha value is -1.70. The zero-order valence-electron chi connectivity index (χ0n) is 17.6. The average Bonchev–Trinajstić information content (AvgIpc) is 3.10. The monoisotopic (exact) mass is 487 g/mol. The molecule has 0 spiro atoms. The van der Waals surface area contributed by atoms with Gasteiger partial charge in [-0.25, -0.2) is 13.2 Å². The Bertz CT molecular complexity index is 1200. The topological polar surface area (TPSA) is 104 Å². The van der Waals surface area contributed by atoms with E-state index >= 15 is 0 Å². The molecule has 2 bridgehead atoms. The number of aromatic nitrogens is 1. The van der Waals surface area contributed by atoms with Crippen molar-refractivity contribution in [2.24, 2.45) is 0 Å². The van der Waals surface area contributed by atoms with Gasteiger partial charge < -0.3 is 24.6 Å². The number of hydrogen-bond acceptors (Lipinski definition) is 5. The van der Waals surface area contributed by atoms with Crippen LogP contribution in [0.5, 0.6) is 5.75 Å². The smallest absolute Gasteiger partial charge is 0.868 e. The summed E-state index contributed by atoms with van der Waals surface area (Å²) in [7, 11) is 0. The molecule has 1 aliphatic carbocycles. The molecular formula is C21H17F3KN3O5. The zero-order chi connectivity index (χ0) is 22.7. The molecule has 8 nitrogen and oxygen atoms in total. The summed E-state index contributed by atoms with van der Waals surface area (Å²) in [6, 6.07) is 0.865. The van der Waals surface area contributed by atoms with Crippen LogP contribution in [0.2, 0.25) is 0 Å². The van der Waals surface area contributed by atoms with Crippen LogP contribution in [-0.4, -0.2) is 39.7 Å². The van der Waals surface area contributed by atoms with Crippen molar-refractivity contribution in [1.82, 2.24) is 14.8 Å². The fraction of sp³-hybridized carbons (Fsp3) is 0.381. The number of halogens is 3. The van der Waals surface area contributed by atoms with E-state index in [-0.39, 0.29) is 75.8 Å². The summed E-state index contributed by atoms with van der Waals surface area (Å²) < 4.78 is 47.8. The van der Waals surface area contributed by atoms with E-state index in [1.807, 2.05) is 0 Å². The van der Waals surface area contributed by atoms with Crippen LogP contribution in [0.1, 0.15) is 45.7 Å². The number of carbonyl (C=O) groups excluding carboxylic acids is 2. The maximum Gasteiger partial charge on any atom is 1.00 e. The molecule has 12 heteroatoms. The third-order valence-electron chi connectivity index (χ3n) is 6.21. The zero-order valence-corrected chi connectivity index (χ0v) is 20.7. The van der Waals surface area contributed by atoms with Crippen LogP contribution in [-0.2, 0) is 17.8 Å². The Balaban J connectivity index is 0.00000259. The van der Waals surface area contributed by atoms with E-state index in [0.717, 1.165) is 19.0 Å². The Morgan fingerprint density at radius 1 is 1.18 bits per heavy atom. The summed E-state index contributed by atoms with van der Waals surface area (Å²) in [6.07, 6.45) is 2.72. The third kappa shape index (κ3) is 4.17. The number of carbonyl (C=O) groups is 2. The van der Waals surface area contributed by atoms with Crippen molar-refractivity contribution in [3.63, 3.8) is 0 Å². The molecule has 33 heavy (non-hydrogen) atoms. The first kappa shape index (κ1) is 24.4. The van der Waals surface area contributed by atoms with E-state index in [2.05, 4.69) is 5.32 Å². The Morgan fingerprint density at radius 3 is 2.58 bits per heavy atom. The molecule has 2 amide bonds. The van der Waals surface area contributed by atoms with E-state index in [1.165, 1.54) is 9.47 Å². The first-order chi connectivity index (χ1) is 15.2. The van der Waals surface area contributed by atoms with Crippen LogP contribution in [0.3, 0.4) is 0 Å². The second-order valence-electron chi connectivity index (χ2n) is 8.12. The van der Waals surface area contributed by atoms with Crippen molar-refractivity contribution in [3.05, 3.63) is 62.8 Å². The largest absolute Gasteiger partial charge is 1.00 e. The molecule has 1 saturated heterocycles. The molecule has 168 valence electrons. The number of nitrogens with one attached hydrogen (secondary N) is 1. The van der Waals surface area contributed by atoms with Crippen LogP contribution in [0.4, 0.5) is 13.2 Å². The minimum atomic E-state index is -1.20. The SMILES string of the molecule is O=C(NCc1c(F)cc(F)cc1F)c1cn2c(c([O-])c1=O)C(=O)N1[C@H]3CC[C@H](C3)O[C@@H]1C2.[K+]. The Morgan fingerprint density at radius 2 is 1.88 bits per heavy atom. The van der Waals surface area contributed by atoms with Gasteiger partial charge in [-0.1, -0.05) is 0 Å². The summed E-state index contributed by atoms with van der Waals surface area (Å²) in [5, 5.41) is 14.8. The van der Waals surface area contributed by atoms with Crippen molar-refractivity contribution in [2.45, 2.75) is 50.7 Å². The molecule has 2 fully saturated rings. The Kier molecular flexibility index (Phi) is 6.77. The van der Waals surface area contributed by atoms with Crippen molar-refractivity contribution in [2.75, 3.05) is 0 Å². The maximum atomic E-state index is 13.8. The van der Waals surface area contributed by atoms with Gasteiger partial charge in [-0.15, -0.1) is 0 Å². The summed E-state index contributed by atoms with van der Waals surface area (Å²) in [5.74, 6) is -6.31. The van der Waals surface area contributed by atoms with Gasteiger partial charge in [-0.3, -0.25) is 14.4 Å². The normalized spacial score (nSPS) is 22.9. The Labute approximate surface area is 228 Å². The van der Waals surface area contributed by atoms with Gasteiger partial charge in [0, 0.05) is 36.5 Å². The summed E-state index contributed by atoms with van der Waals surface area (Å²) in [4.78, 5) is 39.6. The predicted molar refractivity (Wildman–Crippen MR) is 100 cm³/mol. The van der Waals surface area contributed by atoms with Gasteiger partial charge in [0.2, 0.25) is 0 Å². The van der Waals surface area contributed by atoms with Crippen LogP contribution in [0, 0.1) is 17.5 Å². The van der Waals surface area contributed by atoms with Gasteiger partial charge in [-0.2, -0.15) is 0 Å². The summed E-state index contributed by atoms with van der Waals surface area (Å²) in [5.41, 5.74) is -2.70. The van der Waals surface area contributed by atoms with Crippen LogP contribution in [0.15, 0.2) is 23.1 Å². The van der Waals surface area contributed by atoms with Gasteiger partial charge in [0.05, 0.1) is 12.6 Å². The first-order valence-electron chi connectivity index (χ1n) is 10.1. The van der Waals surface area contributed by atoms with Gasteiger partial charge in [0.15, 0.2) is 11.7 Å². The molecule has 2 aromatic rings. The van der Waals surface area contributed by atoms with Crippen molar-refractivity contribution in [1.29, 1.82) is 0 Å². The number of fused-ring (bicyclic) bond motifs is 5. The minimum Gasteiger partial charge on any atom is -0.868 e. The van der Waals surface area contributed by atoms with Crippen molar-refractivity contribution in [3.8, 4) is 5.75 Å². The average molecular weight is 487 g/mol. The van der Waals surface area contributed by atoms with Crippen molar-refractivity contribution >= 4 is 11.8 Å². The van der Waals surface area contributed by atoms with E-state index in [0.29, 0.717) is 18.6 Å².